The van der Waals surface area contributed by atoms with Crippen molar-refractivity contribution in [1.29, 1.82) is 0 Å². The van der Waals surface area contributed by atoms with E-state index < -0.39 is 0 Å². The van der Waals surface area contributed by atoms with Crippen LogP contribution >= 0.6 is 0 Å². The lowest BCUT2D eigenvalue weighted by Gasteiger charge is -2.19. The van der Waals surface area contributed by atoms with Crippen LogP contribution in [0.4, 0.5) is 0 Å². The monoisotopic (exact) mass is 240 g/mol. The first-order valence-corrected chi connectivity index (χ1v) is 6.88. The molecule has 1 saturated carbocycles. The van der Waals surface area contributed by atoms with E-state index in [1.807, 2.05) is 12.3 Å². The molecule has 1 aliphatic carbocycles. The Morgan fingerprint density at radius 3 is 2.83 bits per heavy atom. The number of benzene rings is 1. The first-order chi connectivity index (χ1) is 8.81. The fourth-order valence-corrected chi connectivity index (χ4v) is 2.91. The average Bonchev–Trinajstić information content (AvgIpc) is 3.12. The maximum absolute atomic E-state index is 4.58. The van der Waals surface area contributed by atoms with Crippen molar-refractivity contribution in [3.63, 3.8) is 0 Å². The van der Waals surface area contributed by atoms with Crippen molar-refractivity contribution in [2.24, 2.45) is 11.8 Å². The molecule has 0 radical (unpaired) electrons. The molecule has 2 heteroatoms. The number of fused-ring (bicyclic) bond motifs is 1. The van der Waals surface area contributed by atoms with Crippen LogP contribution in [0.15, 0.2) is 36.5 Å². The Labute approximate surface area is 108 Å². The maximum atomic E-state index is 4.58. The highest BCUT2D eigenvalue weighted by atomic mass is 14.9. The summed E-state index contributed by atoms with van der Waals surface area (Å²) < 4.78 is 0. The summed E-state index contributed by atoms with van der Waals surface area (Å²) >= 11 is 0. The predicted octanol–water partition coefficient (Wildman–Crippen LogP) is 3.54. The molecule has 2 nitrogen and oxygen atoms in total. The minimum absolute atomic E-state index is 0.462. The van der Waals surface area contributed by atoms with Gasteiger partial charge in [0, 0.05) is 17.6 Å². The number of para-hydroxylation sites is 1. The van der Waals surface area contributed by atoms with Crippen molar-refractivity contribution >= 4 is 10.9 Å². The van der Waals surface area contributed by atoms with Gasteiger partial charge in [-0.05, 0) is 36.4 Å². The first kappa shape index (κ1) is 11.7. The van der Waals surface area contributed by atoms with Crippen molar-refractivity contribution in [3.05, 3.63) is 42.1 Å². The average molecular weight is 240 g/mol. The van der Waals surface area contributed by atoms with Crippen molar-refractivity contribution in [1.82, 2.24) is 10.3 Å². The lowest BCUT2D eigenvalue weighted by molar-refractivity contribution is 0.478. The Hall–Kier alpha value is -1.41. The van der Waals surface area contributed by atoms with Gasteiger partial charge in [-0.1, -0.05) is 38.1 Å². The minimum Gasteiger partial charge on any atom is -0.310 e. The Bertz CT molecular complexity index is 544. The van der Waals surface area contributed by atoms with Gasteiger partial charge in [-0.15, -0.1) is 0 Å². The summed E-state index contributed by atoms with van der Waals surface area (Å²) in [6.07, 6.45) is 3.23. The molecule has 3 rings (SSSR count). The predicted molar refractivity (Wildman–Crippen MR) is 75.4 cm³/mol. The summed E-state index contributed by atoms with van der Waals surface area (Å²) in [6.45, 7) is 5.53. The second-order valence-corrected chi connectivity index (χ2v) is 5.33. The van der Waals surface area contributed by atoms with Crippen LogP contribution in [0.3, 0.4) is 0 Å². The topological polar surface area (TPSA) is 24.9 Å². The largest absolute Gasteiger partial charge is 0.310 e. The molecule has 0 aliphatic heterocycles. The van der Waals surface area contributed by atoms with Gasteiger partial charge in [-0.3, -0.25) is 4.98 Å². The van der Waals surface area contributed by atoms with Gasteiger partial charge >= 0.3 is 0 Å². The molecule has 1 fully saturated rings. The third-order valence-corrected chi connectivity index (χ3v) is 4.02. The van der Waals surface area contributed by atoms with Crippen LogP contribution in [0.1, 0.15) is 31.9 Å². The van der Waals surface area contributed by atoms with Crippen LogP contribution in [0.5, 0.6) is 0 Å². The number of hydrogen-bond donors (Lipinski definition) is 1. The van der Waals surface area contributed by atoms with E-state index in [1.165, 1.54) is 17.4 Å². The van der Waals surface area contributed by atoms with Crippen LogP contribution in [0, 0.1) is 11.8 Å². The fraction of sp³-hybridized carbons (Fsp3) is 0.438. The van der Waals surface area contributed by atoms with E-state index in [0.29, 0.717) is 6.04 Å². The van der Waals surface area contributed by atoms with Crippen LogP contribution in [-0.2, 0) is 0 Å². The number of nitrogens with zero attached hydrogens (tertiary/aromatic N) is 1. The van der Waals surface area contributed by atoms with Gasteiger partial charge in [0.15, 0.2) is 0 Å². The van der Waals surface area contributed by atoms with Gasteiger partial charge in [0.25, 0.3) is 0 Å². The number of nitrogens with one attached hydrogen (secondary N) is 1. The summed E-state index contributed by atoms with van der Waals surface area (Å²) in [5.41, 5.74) is 2.52. The van der Waals surface area contributed by atoms with Crippen LogP contribution in [0.25, 0.3) is 10.9 Å². The summed E-state index contributed by atoms with van der Waals surface area (Å²) in [4.78, 5) is 4.58. The van der Waals surface area contributed by atoms with Crippen LogP contribution in [-0.4, -0.2) is 11.5 Å². The zero-order chi connectivity index (χ0) is 12.5. The first-order valence-electron chi connectivity index (χ1n) is 6.88. The third kappa shape index (κ3) is 2.01. The van der Waals surface area contributed by atoms with Gasteiger partial charge in [-0.2, -0.15) is 0 Å². The summed E-state index contributed by atoms with van der Waals surface area (Å²) in [7, 11) is 0. The molecule has 0 saturated heterocycles. The number of aromatic nitrogens is 1. The van der Waals surface area contributed by atoms with Gasteiger partial charge in [0.1, 0.15) is 0 Å². The molecule has 3 atom stereocenters. The highest BCUT2D eigenvalue weighted by Crippen LogP contribution is 2.47. The molecule has 0 bridgehead atoms. The van der Waals surface area contributed by atoms with Gasteiger partial charge < -0.3 is 5.32 Å². The minimum atomic E-state index is 0.462. The van der Waals surface area contributed by atoms with Crippen molar-refractivity contribution in [2.75, 3.05) is 6.54 Å². The van der Waals surface area contributed by atoms with E-state index in [-0.39, 0.29) is 0 Å². The second kappa shape index (κ2) is 4.69. The smallest absolute Gasteiger partial charge is 0.0749 e. The molecule has 3 unspecified atom stereocenters. The van der Waals surface area contributed by atoms with E-state index in [4.69, 9.17) is 0 Å². The molecule has 2 aromatic rings. The Morgan fingerprint density at radius 1 is 1.33 bits per heavy atom. The molecule has 0 spiro atoms. The fourth-order valence-electron chi connectivity index (χ4n) is 2.91. The molecule has 0 amide bonds. The van der Waals surface area contributed by atoms with Crippen molar-refractivity contribution < 1.29 is 0 Å². The second-order valence-electron chi connectivity index (χ2n) is 5.33. The lowest BCUT2D eigenvalue weighted by atomic mass is 9.98. The van der Waals surface area contributed by atoms with Crippen molar-refractivity contribution in [3.8, 4) is 0 Å². The maximum Gasteiger partial charge on any atom is 0.0749 e. The number of hydrogen-bond acceptors (Lipinski definition) is 2. The standard InChI is InChI=1S/C16H20N2/c1-3-17-16(14-10-11(14)2)13-8-4-6-12-7-5-9-18-15(12)13/h4-9,11,14,16-17H,3,10H2,1-2H3. The Balaban J connectivity index is 2.05. The Kier molecular flexibility index (Phi) is 3.04. The van der Waals surface area contributed by atoms with Crippen molar-refractivity contribution in [2.45, 2.75) is 26.3 Å². The van der Waals surface area contributed by atoms with E-state index in [9.17, 15) is 0 Å². The Morgan fingerprint density at radius 2 is 2.11 bits per heavy atom. The van der Waals surface area contributed by atoms with Crippen LogP contribution in [0.2, 0.25) is 0 Å². The zero-order valence-corrected chi connectivity index (χ0v) is 11.1. The van der Waals surface area contributed by atoms with E-state index >= 15 is 0 Å². The van der Waals surface area contributed by atoms with Gasteiger partial charge in [0.05, 0.1) is 5.52 Å². The molecule has 18 heavy (non-hydrogen) atoms. The molecular formula is C16H20N2. The van der Waals surface area contributed by atoms with Gasteiger partial charge in [0.2, 0.25) is 0 Å². The molecule has 94 valence electrons. The van der Waals surface area contributed by atoms with E-state index in [0.717, 1.165) is 23.9 Å². The zero-order valence-electron chi connectivity index (χ0n) is 11.1. The molecule has 1 N–H and O–H groups in total. The third-order valence-electron chi connectivity index (χ3n) is 4.02. The lowest BCUT2D eigenvalue weighted by Crippen LogP contribution is -2.23. The molecule has 1 aromatic heterocycles. The van der Waals surface area contributed by atoms with E-state index in [1.54, 1.807) is 0 Å². The normalized spacial score (nSPS) is 24.1. The number of pyridine rings is 1. The summed E-state index contributed by atoms with van der Waals surface area (Å²) in [5, 5.41) is 4.89. The molecule has 1 aromatic carbocycles. The summed E-state index contributed by atoms with van der Waals surface area (Å²) in [5.74, 6) is 1.62. The SMILES string of the molecule is CCNC(c1cccc2cccnc12)C1CC1C. The highest BCUT2D eigenvalue weighted by Gasteiger charge is 2.40. The van der Waals surface area contributed by atoms with E-state index in [2.05, 4.69) is 48.4 Å². The molecule has 1 aliphatic rings. The van der Waals surface area contributed by atoms with Crippen LogP contribution < -0.4 is 5.32 Å². The quantitative estimate of drug-likeness (QED) is 0.884. The molecular weight excluding hydrogens is 220 g/mol. The molecule has 1 heterocycles. The van der Waals surface area contributed by atoms with Gasteiger partial charge in [-0.25, -0.2) is 0 Å². The summed E-state index contributed by atoms with van der Waals surface area (Å²) in [6, 6.07) is 11.1. The highest BCUT2D eigenvalue weighted by molar-refractivity contribution is 5.82. The number of rotatable bonds is 4.